The van der Waals surface area contributed by atoms with Crippen molar-refractivity contribution in [1.29, 1.82) is 0 Å². The van der Waals surface area contributed by atoms with E-state index < -0.39 is 9.84 Å². The van der Waals surface area contributed by atoms with E-state index in [-0.39, 0.29) is 23.5 Å². The summed E-state index contributed by atoms with van der Waals surface area (Å²) in [5.41, 5.74) is 1.12. The number of anilines is 1. The monoisotopic (exact) mass is 338 g/mol. The maximum Gasteiger partial charge on any atom is 0.253 e. The molecule has 0 spiro atoms. The quantitative estimate of drug-likeness (QED) is 0.903. The molecule has 1 aliphatic heterocycles. The van der Waals surface area contributed by atoms with E-state index in [1.165, 1.54) is 13.2 Å². The first-order valence-electron chi connectivity index (χ1n) is 7.59. The van der Waals surface area contributed by atoms with Gasteiger partial charge in [-0.2, -0.15) is 0 Å². The normalized spacial score (nSPS) is 16.2. The zero-order valence-corrected chi connectivity index (χ0v) is 14.2. The Labute approximate surface area is 136 Å². The molecule has 0 aliphatic carbocycles. The van der Waals surface area contributed by atoms with Crippen LogP contribution in [-0.4, -0.2) is 50.2 Å². The summed E-state index contributed by atoms with van der Waals surface area (Å²) >= 11 is 0. The number of nitrogens with one attached hydrogen (secondary N) is 1. The number of carbonyl (C=O) groups is 2. The molecule has 1 aromatic rings. The molecule has 1 fully saturated rings. The van der Waals surface area contributed by atoms with E-state index in [0.717, 1.165) is 0 Å². The highest BCUT2D eigenvalue weighted by Gasteiger charge is 2.25. The molecule has 1 heterocycles. The summed E-state index contributed by atoms with van der Waals surface area (Å²) in [7, 11) is -2.97. The maximum atomic E-state index is 12.5. The topological polar surface area (TPSA) is 83.6 Å². The van der Waals surface area contributed by atoms with Crippen molar-refractivity contribution in [3.63, 3.8) is 0 Å². The SMILES string of the molecule is CC(=O)Nc1cccc(C(=O)N2CCC(CS(C)(=O)=O)CC2)c1. The number of hydrogen-bond donors (Lipinski definition) is 1. The van der Waals surface area contributed by atoms with Crippen LogP contribution in [0, 0.1) is 5.92 Å². The molecule has 23 heavy (non-hydrogen) atoms. The number of benzene rings is 1. The molecular formula is C16H22N2O4S. The van der Waals surface area contributed by atoms with Crippen molar-refractivity contribution in [2.24, 2.45) is 5.92 Å². The third-order valence-electron chi connectivity index (χ3n) is 3.87. The van der Waals surface area contributed by atoms with E-state index >= 15 is 0 Å². The van der Waals surface area contributed by atoms with Crippen LogP contribution in [0.3, 0.4) is 0 Å². The fraction of sp³-hybridized carbons (Fsp3) is 0.500. The zero-order chi connectivity index (χ0) is 17.0. The molecular weight excluding hydrogens is 316 g/mol. The van der Waals surface area contributed by atoms with Gasteiger partial charge in [0.15, 0.2) is 0 Å². The summed E-state index contributed by atoms with van der Waals surface area (Å²) in [5.74, 6) is 0.0403. The summed E-state index contributed by atoms with van der Waals surface area (Å²) < 4.78 is 22.7. The van der Waals surface area contributed by atoms with Gasteiger partial charge in [0.1, 0.15) is 9.84 Å². The summed E-state index contributed by atoms with van der Waals surface area (Å²) in [6.07, 6.45) is 2.65. The van der Waals surface area contributed by atoms with Gasteiger partial charge in [-0.3, -0.25) is 9.59 Å². The highest BCUT2D eigenvalue weighted by atomic mass is 32.2. The van der Waals surface area contributed by atoms with Crippen LogP contribution in [0.25, 0.3) is 0 Å². The number of amides is 2. The zero-order valence-electron chi connectivity index (χ0n) is 13.4. The molecule has 0 atom stereocenters. The molecule has 1 aromatic carbocycles. The summed E-state index contributed by atoms with van der Waals surface area (Å²) in [6, 6.07) is 6.84. The van der Waals surface area contributed by atoms with Gasteiger partial charge in [-0.1, -0.05) is 6.07 Å². The molecule has 126 valence electrons. The van der Waals surface area contributed by atoms with Crippen LogP contribution >= 0.6 is 0 Å². The molecule has 0 aromatic heterocycles. The number of likely N-dealkylation sites (tertiary alicyclic amines) is 1. The van der Waals surface area contributed by atoms with E-state index in [9.17, 15) is 18.0 Å². The Kier molecular flexibility index (Phi) is 5.41. The lowest BCUT2D eigenvalue weighted by atomic mass is 9.98. The molecule has 2 amide bonds. The Bertz CT molecular complexity index is 692. The second kappa shape index (κ2) is 7.12. The van der Waals surface area contributed by atoms with Gasteiger partial charge >= 0.3 is 0 Å². The van der Waals surface area contributed by atoms with Gasteiger partial charge in [-0.25, -0.2) is 8.42 Å². The first-order chi connectivity index (χ1) is 10.7. The number of rotatable bonds is 4. The van der Waals surface area contributed by atoms with Gasteiger partial charge in [-0.15, -0.1) is 0 Å². The summed E-state index contributed by atoms with van der Waals surface area (Å²) in [4.78, 5) is 25.4. The number of sulfone groups is 1. The van der Waals surface area contributed by atoms with E-state index in [1.54, 1.807) is 29.2 Å². The lowest BCUT2D eigenvalue weighted by molar-refractivity contribution is -0.114. The molecule has 1 N–H and O–H groups in total. The smallest absolute Gasteiger partial charge is 0.253 e. The van der Waals surface area contributed by atoms with Crippen molar-refractivity contribution in [2.45, 2.75) is 19.8 Å². The lowest BCUT2D eigenvalue weighted by Crippen LogP contribution is -2.39. The Hall–Kier alpha value is -1.89. The van der Waals surface area contributed by atoms with Crippen molar-refractivity contribution in [1.82, 2.24) is 4.90 Å². The number of hydrogen-bond acceptors (Lipinski definition) is 4. The predicted molar refractivity (Wildman–Crippen MR) is 89.1 cm³/mol. The van der Waals surface area contributed by atoms with Gasteiger partial charge in [0.05, 0.1) is 5.75 Å². The van der Waals surface area contributed by atoms with Crippen LogP contribution < -0.4 is 5.32 Å². The van der Waals surface area contributed by atoms with Gasteiger partial charge in [0.25, 0.3) is 5.91 Å². The number of carbonyl (C=O) groups excluding carboxylic acids is 2. The predicted octanol–water partition coefficient (Wildman–Crippen LogP) is 1.54. The molecule has 0 bridgehead atoms. The number of piperidine rings is 1. The highest BCUT2D eigenvalue weighted by molar-refractivity contribution is 7.90. The standard InChI is InChI=1S/C16H22N2O4S/c1-12(19)17-15-5-3-4-14(10-15)16(20)18-8-6-13(7-9-18)11-23(2,21)22/h3-5,10,13H,6-9,11H2,1-2H3,(H,17,19). The minimum Gasteiger partial charge on any atom is -0.339 e. The summed E-state index contributed by atoms with van der Waals surface area (Å²) in [6.45, 7) is 2.54. The van der Waals surface area contributed by atoms with Gasteiger partial charge < -0.3 is 10.2 Å². The molecule has 6 nitrogen and oxygen atoms in total. The van der Waals surface area contributed by atoms with Gasteiger partial charge in [0, 0.05) is 37.5 Å². The molecule has 7 heteroatoms. The average Bonchev–Trinajstić information content (AvgIpc) is 2.45. The second-order valence-corrected chi connectivity index (χ2v) is 8.27. The second-order valence-electron chi connectivity index (χ2n) is 6.09. The van der Waals surface area contributed by atoms with Crippen molar-refractivity contribution < 1.29 is 18.0 Å². The first-order valence-corrected chi connectivity index (χ1v) is 9.65. The minimum absolute atomic E-state index is 0.0880. The van der Waals surface area contributed by atoms with E-state index in [0.29, 0.717) is 37.2 Å². The van der Waals surface area contributed by atoms with Crippen molar-refractivity contribution in [2.75, 3.05) is 30.4 Å². The Balaban J connectivity index is 1.98. The Morgan fingerprint density at radius 3 is 2.48 bits per heavy atom. The largest absolute Gasteiger partial charge is 0.339 e. The average molecular weight is 338 g/mol. The van der Waals surface area contributed by atoms with E-state index in [2.05, 4.69) is 5.32 Å². The van der Waals surface area contributed by atoms with Crippen molar-refractivity contribution >= 4 is 27.3 Å². The maximum absolute atomic E-state index is 12.5. The third kappa shape index (κ3) is 5.35. The van der Waals surface area contributed by atoms with Gasteiger partial charge in [0.2, 0.25) is 5.91 Å². The lowest BCUT2D eigenvalue weighted by Gasteiger charge is -2.31. The molecule has 2 rings (SSSR count). The van der Waals surface area contributed by atoms with Crippen LogP contribution in [0.4, 0.5) is 5.69 Å². The van der Waals surface area contributed by atoms with Gasteiger partial charge in [-0.05, 0) is 37.0 Å². The Morgan fingerprint density at radius 1 is 1.26 bits per heavy atom. The fourth-order valence-corrected chi connectivity index (χ4v) is 4.04. The van der Waals surface area contributed by atoms with Crippen molar-refractivity contribution in [3.05, 3.63) is 29.8 Å². The molecule has 0 saturated carbocycles. The minimum atomic E-state index is -2.97. The van der Waals surface area contributed by atoms with Crippen LogP contribution in [0.15, 0.2) is 24.3 Å². The van der Waals surface area contributed by atoms with Crippen LogP contribution in [-0.2, 0) is 14.6 Å². The van der Waals surface area contributed by atoms with E-state index in [1.807, 2.05) is 0 Å². The van der Waals surface area contributed by atoms with Crippen molar-refractivity contribution in [3.8, 4) is 0 Å². The van der Waals surface area contributed by atoms with Crippen LogP contribution in [0.5, 0.6) is 0 Å². The number of nitrogens with zero attached hydrogens (tertiary/aromatic N) is 1. The molecule has 1 saturated heterocycles. The summed E-state index contributed by atoms with van der Waals surface area (Å²) in [5, 5.41) is 2.66. The first kappa shape index (κ1) is 17.5. The molecule has 0 radical (unpaired) electrons. The highest BCUT2D eigenvalue weighted by Crippen LogP contribution is 2.21. The van der Waals surface area contributed by atoms with Crippen LogP contribution in [0.1, 0.15) is 30.1 Å². The molecule has 0 unspecified atom stereocenters. The Morgan fingerprint density at radius 2 is 1.91 bits per heavy atom. The third-order valence-corrected chi connectivity index (χ3v) is 4.95. The fourth-order valence-electron chi connectivity index (χ4n) is 2.85. The van der Waals surface area contributed by atoms with E-state index in [4.69, 9.17) is 0 Å². The van der Waals surface area contributed by atoms with Crippen LogP contribution in [0.2, 0.25) is 0 Å². The molecule has 1 aliphatic rings.